The highest BCUT2D eigenvalue weighted by Gasteiger charge is 2.23. The first-order chi connectivity index (χ1) is 32.7. The Labute approximate surface area is 383 Å². The van der Waals surface area contributed by atoms with Crippen LogP contribution in [0.4, 0.5) is 0 Å². The van der Waals surface area contributed by atoms with Crippen molar-refractivity contribution in [2.24, 2.45) is 0 Å². The maximum absolute atomic E-state index is 5.47. The topological polar surface area (TPSA) is 43.6 Å². The number of benzene rings is 11. The zero-order chi connectivity index (χ0) is 43.3. The SMILES string of the molecule is c1ccc(-c2nc(-c3ccc(-n4c5ccccc5c5cc6ccccc6cc54)c(-c4cccc5sc6cc7ccccc7cc6c45)c3)nc(-c3c4ccccc4cc4ccccc34)n2)cc1. The van der Waals surface area contributed by atoms with Gasteiger partial charge in [0.2, 0.25) is 0 Å². The number of nitrogens with zero attached hydrogens (tertiary/aromatic N) is 4. The van der Waals surface area contributed by atoms with E-state index in [2.05, 4.69) is 205 Å². The van der Waals surface area contributed by atoms with Gasteiger partial charge in [-0.2, -0.15) is 0 Å². The second-order valence-corrected chi connectivity index (χ2v) is 18.2. The van der Waals surface area contributed by atoms with Crippen LogP contribution in [-0.4, -0.2) is 19.5 Å². The quantitative estimate of drug-likeness (QED) is 0.162. The molecule has 0 atom stereocenters. The minimum Gasteiger partial charge on any atom is -0.309 e. The molecule has 306 valence electrons. The first kappa shape index (κ1) is 36.9. The molecule has 11 aromatic carbocycles. The van der Waals surface area contributed by atoms with Crippen molar-refractivity contribution in [1.29, 1.82) is 0 Å². The molecular formula is C61H36N4S. The van der Waals surface area contributed by atoms with Gasteiger partial charge in [-0.25, -0.2) is 15.0 Å². The van der Waals surface area contributed by atoms with E-state index >= 15 is 0 Å². The number of rotatable bonds is 5. The Morgan fingerprint density at radius 2 is 0.894 bits per heavy atom. The molecule has 0 saturated carbocycles. The fraction of sp³-hybridized carbons (Fsp3) is 0. The predicted molar refractivity (Wildman–Crippen MR) is 279 cm³/mol. The highest BCUT2D eigenvalue weighted by Crippen LogP contribution is 2.46. The summed E-state index contributed by atoms with van der Waals surface area (Å²) in [6.07, 6.45) is 0. The maximum atomic E-state index is 5.47. The molecule has 0 spiro atoms. The van der Waals surface area contributed by atoms with Gasteiger partial charge in [-0.1, -0.05) is 158 Å². The summed E-state index contributed by atoms with van der Waals surface area (Å²) in [7, 11) is 0. The number of thiophene rings is 1. The summed E-state index contributed by atoms with van der Waals surface area (Å²) in [5, 5.41) is 14.3. The molecule has 0 unspecified atom stereocenters. The van der Waals surface area contributed by atoms with Crippen molar-refractivity contribution in [2.45, 2.75) is 0 Å². The van der Waals surface area contributed by atoms with E-state index in [0.717, 1.165) is 66.1 Å². The van der Waals surface area contributed by atoms with E-state index in [-0.39, 0.29) is 0 Å². The molecule has 3 heterocycles. The Morgan fingerprint density at radius 3 is 1.62 bits per heavy atom. The lowest BCUT2D eigenvalue weighted by atomic mass is 9.95. The van der Waals surface area contributed by atoms with Crippen molar-refractivity contribution in [3.05, 3.63) is 218 Å². The maximum Gasteiger partial charge on any atom is 0.165 e. The normalized spacial score (nSPS) is 11.9. The van der Waals surface area contributed by atoms with Crippen LogP contribution in [0.2, 0.25) is 0 Å². The van der Waals surface area contributed by atoms with E-state index in [9.17, 15) is 0 Å². The van der Waals surface area contributed by atoms with E-state index in [1.54, 1.807) is 0 Å². The third-order valence-electron chi connectivity index (χ3n) is 13.4. The monoisotopic (exact) mass is 856 g/mol. The van der Waals surface area contributed by atoms with Crippen molar-refractivity contribution in [2.75, 3.05) is 0 Å². The largest absolute Gasteiger partial charge is 0.309 e. The number of fused-ring (bicyclic) bond motifs is 10. The van der Waals surface area contributed by atoms with Crippen LogP contribution >= 0.6 is 11.3 Å². The third-order valence-corrected chi connectivity index (χ3v) is 14.5. The number of hydrogen-bond donors (Lipinski definition) is 0. The van der Waals surface area contributed by atoms with Crippen molar-refractivity contribution in [3.8, 4) is 51.0 Å². The third kappa shape index (κ3) is 5.74. The van der Waals surface area contributed by atoms with Crippen LogP contribution in [0.5, 0.6) is 0 Å². The second-order valence-electron chi connectivity index (χ2n) is 17.1. The number of aromatic nitrogens is 4. The van der Waals surface area contributed by atoms with Gasteiger partial charge in [0.05, 0.1) is 16.7 Å². The molecule has 14 rings (SSSR count). The lowest BCUT2D eigenvalue weighted by Crippen LogP contribution is -2.02. The molecule has 0 N–H and O–H groups in total. The molecule has 0 bridgehead atoms. The van der Waals surface area contributed by atoms with Gasteiger partial charge in [-0.3, -0.25) is 0 Å². The Bertz CT molecular complexity index is 4240. The highest BCUT2D eigenvalue weighted by atomic mass is 32.1. The van der Waals surface area contributed by atoms with Crippen LogP contribution in [-0.2, 0) is 0 Å². The first-order valence-corrected chi connectivity index (χ1v) is 23.2. The van der Waals surface area contributed by atoms with Crippen molar-refractivity contribution < 1.29 is 0 Å². The first-order valence-electron chi connectivity index (χ1n) is 22.3. The Hall–Kier alpha value is -8.51. The summed E-state index contributed by atoms with van der Waals surface area (Å²) < 4.78 is 4.99. The fourth-order valence-corrected chi connectivity index (χ4v) is 11.5. The minimum atomic E-state index is 0.616. The van der Waals surface area contributed by atoms with E-state index in [0.29, 0.717) is 17.5 Å². The lowest BCUT2D eigenvalue weighted by Gasteiger charge is -2.17. The van der Waals surface area contributed by atoms with E-state index in [1.807, 2.05) is 29.5 Å². The average molecular weight is 857 g/mol. The Morgan fingerprint density at radius 1 is 0.318 bits per heavy atom. The van der Waals surface area contributed by atoms with Crippen molar-refractivity contribution >= 4 is 96.4 Å². The van der Waals surface area contributed by atoms with Crippen LogP contribution in [0.1, 0.15) is 0 Å². The van der Waals surface area contributed by atoms with Crippen LogP contribution in [0.25, 0.3) is 136 Å². The van der Waals surface area contributed by atoms with E-state index < -0.39 is 0 Å². The molecule has 5 heteroatoms. The van der Waals surface area contributed by atoms with Crippen LogP contribution in [0.15, 0.2) is 218 Å². The molecule has 0 aliphatic carbocycles. The summed E-state index contributed by atoms with van der Waals surface area (Å²) in [6.45, 7) is 0. The molecule has 3 aromatic heterocycles. The van der Waals surface area contributed by atoms with Gasteiger partial charge in [-0.05, 0) is 109 Å². The Kier molecular flexibility index (Phi) is 8.12. The summed E-state index contributed by atoms with van der Waals surface area (Å²) >= 11 is 1.86. The molecule has 14 aromatic rings. The highest BCUT2D eigenvalue weighted by molar-refractivity contribution is 7.26. The smallest absolute Gasteiger partial charge is 0.165 e. The zero-order valence-electron chi connectivity index (χ0n) is 35.5. The van der Waals surface area contributed by atoms with Gasteiger partial charge in [-0.15, -0.1) is 11.3 Å². The lowest BCUT2D eigenvalue weighted by molar-refractivity contribution is 1.08. The van der Waals surface area contributed by atoms with Gasteiger partial charge in [0.15, 0.2) is 17.5 Å². The minimum absolute atomic E-state index is 0.616. The summed E-state index contributed by atoms with van der Waals surface area (Å²) in [6, 6.07) is 78.8. The Balaban J connectivity index is 1.09. The molecule has 0 saturated heterocycles. The van der Waals surface area contributed by atoms with E-state index in [4.69, 9.17) is 15.0 Å². The molecule has 0 fully saturated rings. The predicted octanol–water partition coefficient (Wildman–Crippen LogP) is 16.6. The second kappa shape index (κ2) is 14.5. The van der Waals surface area contributed by atoms with Crippen molar-refractivity contribution in [3.63, 3.8) is 0 Å². The van der Waals surface area contributed by atoms with Gasteiger partial charge in [0, 0.05) is 53.2 Å². The van der Waals surface area contributed by atoms with Gasteiger partial charge in [0.1, 0.15) is 0 Å². The molecule has 0 aliphatic rings. The molecule has 66 heavy (non-hydrogen) atoms. The average Bonchev–Trinajstić information content (AvgIpc) is 3.91. The molecule has 0 amide bonds. The molecular weight excluding hydrogens is 821 g/mol. The molecule has 0 radical (unpaired) electrons. The summed E-state index contributed by atoms with van der Waals surface area (Å²) in [4.78, 5) is 16.1. The van der Waals surface area contributed by atoms with Crippen LogP contribution < -0.4 is 0 Å². The standard InChI is InChI=1S/C61H36N4S/c1-2-15-37(16-3-1)59-62-60(64-61(63-59)58-45-23-10-8-21-42(45)31-43-22-9-11-24-46(43)58)44-29-30-53(65-52-27-13-12-25-47(52)49-32-38-17-4-6-19-40(38)35-54(49)65)50(34-44)48-26-14-28-55-57(48)51-33-39-18-5-7-20-41(39)36-56(51)66-55/h1-36H. The zero-order valence-corrected chi connectivity index (χ0v) is 36.3. The van der Waals surface area contributed by atoms with Gasteiger partial charge < -0.3 is 4.57 Å². The van der Waals surface area contributed by atoms with Gasteiger partial charge >= 0.3 is 0 Å². The van der Waals surface area contributed by atoms with Crippen LogP contribution in [0.3, 0.4) is 0 Å². The van der Waals surface area contributed by atoms with Crippen LogP contribution in [0, 0.1) is 0 Å². The van der Waals surface area contributed by atoms with Crippen molar-refractivity contribution in [1.82, 2.24) is 19.5 Å². The summed E-state index contributed by atoms with van der Waals surface area (Å²) in [5.74, 6) is 1.89. The number of para-hydroxylation sites is 1. The fourth-order valence-electron chi connectivity index (χ4n) is 10.3. The van der Waals surface area contributed by atoms with E-state index in [1.165, 1.54) is 52.5 Å². The number of hydrogen-bond acceptors (Lipinski definition) is 4. The molecule has 4 nitrogen and oxygen atoms in total. The molecule has 0 aliphatic heterocycles. The van der Waals surface area contributed by atoms with Gasteiger partial charge in [0.25, 0.3) is 0 Å². The summed E-state index contributed by atoms with van der Waals surface area (Å²) in [5.41, 5.74) is 8.51.